The number of ether oxygens (including phenoxy) is 2. The Kier molecular flexibility index (Phi) is 4.32. The number of hydrogen-bond acceptors (Lipinski definition) is 4. The van der Waals surface area contributed by atoms with Crippen molar-refractivity contribution in [2.24, 2.45) is 5.73 Å². The molecule has 0 radical (unpaired) electrons. The third-order valence-corrected chi connectivity index (χ3v) is 2.20. The first-order chi connectivity index (χ1) is 7.39. The number of nitrogens with two attached hydrogens (primary N) is 1. The van der Waals surface area contributed by atoms with Crippen molar-refractivity contribution in [3.05, 3.63) is 12.3 Å². The van der Waals surface area contributed by atoms with Gasteiger partial charge in [0.15, 0.2) is 0 Å². The molecule has 5 heteroatoms. The Balaban J connectivity index is 2.28. The van der Waals surface area contributed by atoms with E-state index in [1.807, 2.05) is 25.8 Å². The third kappa shape index (κ3) is 5.72. The van der Waals surface area contributed by atoms with E-state index in [1.54, 1.807) is 12.3 Å². The van der Waals surface area contributed by atoms with Gasteiger partial charge in [-0.2, -0.15) is 0 Å². The first-order valence-electron chi connectivity index (χ1n) is 5.37. The topological polar surface area (TPSA) is 74.9 Å². The molecule has 1 fully saturated rings. The molecule has 0 unspecified atom stereocenters. The minimum atomic E-state index is -0.234. The second-order valence-electron chi connectivity index (χ2n) is 4.71. The Labute approximate surface area is 96.7 Å². The van der Waals surface area contributed by atoms with Crippen LogP contribution in [0, 0.1) is 5.41 Å². The number of likely N-dealkylation sites (N-methyl/N-ethyl adjacent to an activating group) is 1. The summed E-state index contributed by atoms with van der Waals surface area (Å²) < 4.78 is 10.8. The molecule has 0 saturated carbocycles. The van der Waals surface area contributed by atoms with E-state index in [4.69, 9.17) is 20.6 Å². The smallest absolute Gasteiger partial charge is 0.116 e. The van der Waals surface area contributed by atoms with Gasteiger partial charge < -0.3 is 20.1 Å². The molecule has 5 nitrogen and oxygen atoms in total. The molecule has 1 heterocycles. The van der Waals surface area contributed by atoms with Gasteiger partial charge in [-0.25, -0.2) is 0 Å². The molecular formula is C11H21N3O2. The number of amidine groups is 1. The van der Waals surface area contributed by atoms with Gasteiger partial charge in [0, 0.05) is 19.8 Å². The number of rotatable bonds is 7. The molecule has 0 aromatic carbocycles. The summed E-state index contributed by atoms with van der Waals surface area (Å²) in [6.45, 7) is 6.28. The number of epoxide rings is 1. The highest BCUT2D eigenvalue weighted by molar-refractivity contribution is 5.88. The summed E-state index contributed by atoms with van der Waals surface area (Å²) in [6, 6.07) is 0. The van der Waals surface area contributed by atoms with Crippen molar-refractivity contribution >= 4 is 5.84 Å². The zero-order chi connectivity index (χ0) is 12.2. The zero-order valence-corrected chi connectivity index (χ0v) is 10.2. The van der Waals surface area contributed by atoms with Crippen LogP contribution in [0.3, 0.4) is 0 Å². The van der Waals surface area contributed by atoms with Crippen LogP contribution in [0.2, 0.25) is 0 Å². The number of nitrogens with one attached hydrogen (secondary N) is 1. The highest BCUT2D eigenvalue weighted by Crippen LogP contribution is 2.16. The zero-order valence-electron chi connectivity index (χ0n) is 10.2. The fourth-order valence-corrected chi connectivity index (χ4v) is 1.39. The van der Waals surface area contributed by atoms with Gasteiger partial charge in [-0.15, -0.1) is 0 Å². The number of hydrogen-bond donors (Lipinski definition) is 2. The van der Waals surface area contributed by atoms with Crippen molar-refractivity contribution in [2.75, 3.05) is 26.8 Å². The fraction of sp³-hybridized carbons (Fsp3) is 0.727. The van der Waals surface area contributed by atoms with Crippen molar-refractivity contribution in [2.45, 2.75) is 25.6 Å². The predicted octanol–water partition coefficient (Wildman–Crippen LogP) is 0.562. The SMILES string of the molecule is CN(/C=C\C(=N)N)CC(C)(C)OC[C@H]1CO1. The van der Waals surface area contributed by atoms with Gasteiger partial charge in [0.1, 0.15) is 11.9 Å². The van der Waals surface area contributed by atoms with E-state index in [9.17, 15) is 0 Å². The second kappa shape index (κ2) is 5.32. The standard InChI is InChI=1S/C11H21N3O2/c1-11(2,16-7-9-6-15-9)8-14(3)5-4-10(12)13/h4-5,9H,6-8H2,1-3H3,(H3,12,13)/b5-4-/t9-/m1/s1. The van der Waals surface area contributed by atoms with Gasteiger partial charge in [-0.1, -0.05) is 0 Å². The summed E-state index contributed by atoms with van der Waals surface area (Å²) in [5.41, 5.74) is 5.00. The van der Waals surface area contributed by atoms with Crippen molar-refractivity contribution in [3.8, 4) is 0 Å². The average Bonchev–Trinajstić information content (AvgIpc) is 2.94. The monoisotopic (exact) mass is 227 g/mol. The average molecular weight is 227 g/mol. The van der Waals surface area contributed by atoms with E-state index in [0.29, 0.717) is 6.61 Å². The van der Waals surface area contributed by atoms with Gasteiger partial charge in [-0.3, -0.25) is 5.41 Å². The van der Waals surface area contributed by atoms with Crippen molar-refractivity contribution in [1.82, 2.24) is 4.90 Å². The Morgan fingerprint density at radius 1 is 1.69 bits per heavy atom. The molecule has 1 atom stereocenters. The first-order valence-corrected chi connectivity index (χ1v) is 5.37. The van der Waals surface area contributed by atoms with Gasteiger partial charge in [-0.05, 0) is 19.9 Å². The van der Waals surface area contributed by atoms with E-state index in [1.165, 1.54) is 0 Å². The molecule has 0 aromatic rings. The van der Waals surface area contributed by atoms with E-state index >= 15 is 0 Å². The van der Waals surface area contributed by atoms with Crippen LogP contribution >= 0.6 is 0 Å². The molecule has 0 bridgehead atoms. The summed E-state index contributed by atoms with van der Waals surface area (Å²) in [4.78, 5) is 1.95. The quantitative estimate of drug-likeness (QED) is 0.378. The lowest BCUT2D eigenvalue weighted by atomic mass is 10.1. The first kappa shape index (κ1) is 13.0. The Morgan fingerprint density at radius 3 is 2.81 bits per heavy atom. The fourth-order valence-electron chi connectivity index (χ4n) is 1.39. The van der Waals surface area contributed by atoms with Gasteiger partial charge >= 0.3 is 0 Å². The van der Waals surface area contributed by atoms with Crippen molar-refractivity contribution < 1.29 is 9.47 Å². The number of nitrogens with zero attached hydrogens (tertiary/aromatic N) is 1. The van der Waals surface area contributed by atoms with Crippen LogP contribution in [-0.4, -0.2) is 49.2 Å². The largest absolute Gasteiger partial charge is 0.384 e. The van der Waals surface area contributed by atoms with E-state index in [0.717, 1.165) is 13.2 Å². The molecule has 0 spiro atoms. The maximum absolute atomic E-state index is 7.08. The van der Waals surface area contributed by atoms with E-state index in [2.05, 4.69) is 0 Å². The van der Waals surface area contributed by atoms with E-state index in [-0.39, 0.29) is 17.5 Å². The maximum Gasteiger partial charge on any atom is 0.116 e. The lowest BCUT2D eigenvalue weighted by Gasteiger charge is -2.29. The molecule has 0 aromatic heterocycles. The van der Waals surface area contributed by atoms with Crippen LogP contribution < -0.4 is 5.73 Å². The Hall–Kier alpha value is -1.07. The molecule has 0 aliphatic carbocycles. The highest BCUT2D eigenvalue weighted by Gasteiger charge is 2.27. The molecule has 1 aliphatic heterocycles. The predicted molar refractivity (Wildman–Crippen MR) is 63.5 cm³/mol. The molecule has 92 valence electrons. The lowest BCUT2D eigenvalue weighted by molar-refractivity contribution is -0.0359. The summed E-state index contributed by atoms with van der Waals surface area (Å²) in [7, 11) is 1.93. The summed E-state index contributed by atoms with van der Waals surface area (Å²) in [5, 5.41) is 7.08. The Morgan fingerprint density at radius 2 is 2.31 bits per heavy atom. The summed E-state index contributed by atoms with van der Waals surface area (Å²) >= 11 is 0. The Bertz CT molecular complexity index is 272. The normalized spacial score (nSPS) is 20.1. The van der Waals surface area contributed by atoms with Gasteiger partial charge in [0.2, 0.25) is 0 Å². The van der Waals surface area contributed by atoms with Crippen molar-refractivity contribution in [3.63, 3.8) is 0 Å². The van der Waals surface area contributed by atoms with Gasteiger partial charge in [0.25, 0.3) is 0 Å². The molecule has 16 heavy (non-hydrogen) atoms. The van der Waals surface area contributed by atoms with Crippen LogP contribution in [0.5, 0.6) is 0 Å². The van der Waals surface area contributed by atoms with Crippen LogP contribution in [0.25, 0.3) is 0 Å². The molecule has 1 rings (SSSR count). The minimum absolute atomic E-state index is 0.0527. The van der Waals surface area contributed by atoms with E-state index < -0.39 is 0 Å². The van der Waals surface area contributed by atoms with Crippen molar-refractivity contribution in [1.29, 1.82) is 5.41 Å². The molecular weight excluding hydrogens is 206 g/mol. The summed E-state index contributed by atoms with van der Waals surface area (Å²) in [5.74, 6) is 0.0527. The van der Waals surface area contributed by atoms with Crippen LogP contribution in [0.1, 0.15) is 13.8 Å². The minimum Gasteiger partial charge on any atom is -0.384 e. The van der Waals surface area contributed by atoms with Crippen LogP contribution in [-0.2, 0) is 9.47 Å². The van der Waals surface area contributed by atoms with Gasteiger partial charge in [0.05, 0.1) is 18.8 Å². The molecule has 1 aliphatic rings. The lowest BCUT2D eigenvalue weighted by Crippen LogP contribution is -2.37. The third-order valence-electron chi connectivity index (χ3n) is 2.20. The summed E-state index contributed by atoms with van der Waals surface area (Å²) in [6.07, 6.45) is 3.62. The molecule has 3 N–H and O–H groups in total. The highest BCUT2D eigenvalue weighted by atomic mass is 16.6. The maximum atomic E-state index is 7.08. The molecule has 1 saturated heterocycles. The van der Waals surface area contributed by atoms with Crippen LogP contribution in [0.15, 0.2) is 12.3 Å². The molecule has 0 amide bonds. The second-order valence-corrected chi connectivity index (χ2v) is 4.71. The van der Waals surface area contributed by atoms with Crippen LogP contribution in [0.4, 0.5) is 0 Å².